The SMILES string of the molecule is CCc1ccc(NC(=O)C2CCCN(C(=O)c3sc(-c4cccnc4)nc3C)C2)cc1. The molecule has 1 saturated heterocycles. The lowest BCUT2D eigenvalue weighted by Crippen LogP contribution is -2.43. The second-order valence-electron chi connectivity index (χ2n) is 7.81. The molecule has 0 spiro atoms. The van der Waals surface area contributed by atoms with Crippen LogP contribution in [0.3, 0.4) is 0 Å². The predicted octanol–water partition coefficient (Wildman–Crippen LogP) is 4.57. The van der Waals surface area contributed by atoms with E-state index in [2.05, 4.69) is 22.2 Å². The lowest BCUT2D eigenvalue weighted by molar-refractivity contribution is -0.121. The van der Waals surface area contributed by atoms with Crippen molar-refractivity contribution >= 4 is 28.8 Å². The van der Waals surface area contributed by atoms with Crippen molar-refractivity contribution in [1.29, 1.82) is 0 Å². The molecule has 0 radical (unpaired) electrons. The number of benzene rings is 1. The Kier molecular flexibility index (Phi) is 6.42. The molecular formula is C24H26N4O2S. The van der Waals surface area contributed by atoms with Crippen molar-refractivity contribution in [2.24, 2.45) is 5.92 Å². The molecule has 2 aromatic heterocycles. The third-order valence-electron chi connectivity index (χ3n) is 5.61. The number of nitrogens with one attached hydrogen (secondary N) is 1. The molecule has 31 heavy (non-hydrogen) atoms. The fourth-order valence-electron chi connectivity index (χ4n) is 3.79. The summed E-state index contributed by atoms with van der Waals surface area (Å²) in [7, 11) is 0. The Bertz CT molecular complexity index is 1060. The Morgan fingerprint density at radius 3 is 2.74 bits per heavy atom. The van der Waals surface area contributed by atoms with Crippen molar-refractivity contribution < 1.29 is 9.59 Å². The largest absolute Gasteiger partial charge is 0.337 e. The lowest BCUT2D eigenvalue weighted by atomic mass is 9.96. The highest BCUT2D eigenvalue weighted by Crippen LogP contribution is 2.29. The fraction of sp³-hybridized carbons (Fsp3) is 0.333. The quantitative estimate of drug-likeness (QED) is 0.638. The number of rotatable bonds is 5. The first-order valence-corrected chi connectivity index (χ1v) is 11.4. The summed E-state index contributed by atoms with van der Waals surface area (Å²) in [5.74, 6) is -0.289. The molecule has 1 atom stereocenters. The molecule has 0 saturated carbocycles. The normalized spacial score (nSPS) is 16.2. The summed E-state index contributed by atoms with van der Waals surface area (Å²) in [6.07, 6.45) is 6.03. The monoisotopic (exact) mass is 434 g/mol. The van der Waals surface area contributed by atoms with Crippen LogP contribution in [0.2, 0.25) is 0 Å². The molecule has 1 aromatic carbocycles. The van der Waals surface area contributed by atoms with Gasteiger partial charge in [-0.15, -0.1) is 11.3 Å². The van der Waals surface area contributed by atoms with E-state index in [1.54, 1.807) is 17.3 Å². The highest BCUT2D eigenvalue weighted by molar-refractivity contribution is 7.17. The number of carbonyl (C=O) groups is 2. The van der Waals surface area contributed by atoms with Crippen LogP contribution in [0.4, 0.5) is 5.69 Å². The number of thiazole rings is 1. The minimum atomic E-state index is -0.213. The van der Waals surface area contributed by atoms with Crippen LogP contribution in [0, 0.1) is 12.8 Å². The summed E-state index contributed by atoms with van der Waals surface area (Å²) in [4.78, 5) is 37.2. The summed E-state index contributed by atoms with van der Waals surface area (Å²) in [6, 6.07) is 11.7. The first-order chi connectivity index (χ1) is 15.0. The molecule has 2 amide bonds. The number of piperidine rings is 1. The van der Waals surface area contributed by atoms with Gasteiger partial charge in [-0.05, 0) is 56.0 Å². The zero-order valence-corrected chi connectivity index (χ0v) is 18.6. The van der Waals surface area contributed by atoms with Crippen LogP contribution in [-0.2, 0) is 11.2 Å². The first-order valence-electron chi connectivity index (χ1n) is 10.6. The number of carbonyl (C=O) groups excluding carboxylic acids is 2. The van der Waals surface area contributed by atoms with Crippen molar-refractivity contribution in [1.82, 2.24) is 14.9 Å². The molecule has 1 unspecified atom stereocenters. The van der Waals surface area contributed by atoms with Crippen LogP contribution in [0.15, 0.2) is 48.8 Å². The highest BCUT2D eigenvalue weighted by atomic mass is 32.1. The van der Waals surface area contributed by atoms with Gasteiger partial charge < -0.3 is 10.2 Å². The standard InChI is InChI=1S/C24H26N4O2S/c1-3-17-8-10-20(11-9-17)27-22(29)19-7-5-13-28(15-19)24(30)21-16(2)26-23(31-21)18-6-4-12-25-14-18/h4,6,8-12,14,19H,3,5,7,13,15H2,1-2H3,(H,27,29). The van der Waals surface area contributed by atoms with Crippen LogP contribution in [0.5, 0.6) is 0 Å². The molecule has 0 bridgehead atoms. The Labute approximate surface area is 186 Å². The Morgan fingerprint density at radius 1 is 1.23 bits per heavy atom. The van der Waals surface area contributed by atoms with Crippen LogP contribution in [0.25, 0.3) is 10.6 Å². The molecule has 6 nitrogen and oxygen atoms in total. The van der Waals surface area contributed by atoms with Crippen molar-refractivity contribution in [3.8, 4) is 10.6 Å². The number of pyridine rings is 1. The van der Waals surface area contributed by atoms with Crippen molar-refractivity contribution in [3.63, 3.8) is 0 Å². The number of nitrogens with zero attached hydrogens (tertiary/aromatic N) is 3. The average Bonchev–Trinajstić information content (AvgIpc) is 3.21. The molecule has 4 rings (SSSR count). The smallest absolute Gasteiger partial charge is 0.265 e. The van der Waals surface area contributed by atoms with E-state index < -0.39 is 0 Å². The van der Waals surface area contributed by atoms with Gasteiger partial charge in [-0.3, -0.25) is 14.6 Å². The molecule has 1 aliphatic heterocycles. The number of aromatic nitrogens is 2. The second kappa shape index (κ2) is 9.39. The zero-order chi connectivity index (χ0) is 21.8. The van der Waals surface area contributed by atoms with Crippen LogP contribution in [0.1, 0.15) is 40.7 Å². The van der Waals surface area contributed by atoms with Gasteiger partial charge in [0.25, 0.3) is 5.91 Å². The summed E-state index contributed by atoms with van der Waals surface area (Å²) in [5, 5.41) is 3.79. The molecule has 1 fully saturated rings. The predicted molar refractivity (Wildman–Crippen MR) is 123 cm³/mol. The van der Waals surface area contributed by atoms with Gasteiger partial charge in [0.2, 0.25) is 5.91 Å². The molecule has 160 valence electrons. The van der Waals surface area contributed by atoms with E-state index >= 15 is 0 Å². The minimum Gasteiger partial charge on any atom is -0.337 e. The van der Waals surface area contributed by atoms with E-state index in [1.807, 2.05) is 43.3 Å². The molecule has 3 aromatic rings. The van der Waals surface area contributed by atoms with Crippen molar-refractivity contribution in [3.05, 3.63) is 64.9 Å². The van der Waals surface area contributed by atoms with Gasteiger partial charge in [0.1, 0.15) is 9.88 Å². The Hall–Kier alpha value is -3.06. The number of hydrogen-bond acceptors (Lipinski definition) is 5. The van der Waals surface area contributed by atoms with Gasteiger partial charge in [-0.1, -0.05) is 19.1 Å². The highest BCUT2D eigenvalue weighted by Gasteiger charge is 2.30. The third kappa shape index (κ3) is 4.82. The van der Waals surface area contributed by atoms with Gasteiger partial charge in [0.15, 0.2) is 0 Å². The molecule has 1 aliphatic rings. The van der Waals surface area contributed by atoms with E-state index in [0.29, 0.717) is 18.0 Å². The average molecular weight is 435 g/mol. The number of amides is 2. The summed E-state index contributed by atoms with van der Waals surface area (Å²) < 4.78 is 0. The van der Waals surface area contributed by atoms with Gasteiger partial charge in [-0.25, -0.2) is 4.98 Å². The molecule has 7 heteroatoms. The molecule has 0 aliphatic carbocycles. The molecule has 3 heterocycles. The topological polar surface area (TPSA) is 75.2 Å². The van der Waals surface area contributed by atoms with E-state index in [9.17, 15) is 9.59 Å². The lowest BCUT2D eigenvalue weighted by Gasteiger charge is -2.31. The Morgan fingerprint density at radius 2 is 2.03 bits per heavy atom. The third-order valence-corrected chi connectivity index (χ3v) is 6.80. The maximum absolute atomic E-state index is 13.2. The van der Waals surface area contributed by atoms with E-state index in [-0.39, 0.29) is 17.7 Å². The van der Waals surface area contributed by atoms with Crippen LogP contribution in [-0.4, -0.2) is 39.8 Å². The van der Waals surface area contributed by atoms with Crippen LogP contribution < -0.4 is 5.32 Å². The first kappa shape index (κ1) is 21.2. The minimum absolute atomic E-state index is 0.0289. The molecular weight excluding hydrogens is 408 g/mol. The fourth-order valence-corrected chi connectivity index (χ4v) is 4.82. The van der Waals surface area contributed by atoms with Gasteiger partial charge in [-0.2, -0.15) is 0 Å². The summed E-state index contributed by atoms with van der Waals surface area (Å²) >= 11 is 1.39. The summed E-state index contributed by atoms with van der Waals surface area (Å²) in [6.45, 7) is 5.05. The maximum atomic E-state index is 13.2. The van der Waals surface area contributed by atoms with Crippen LogP contribution >= 0.6 is 11.3 Å². The van der Waals surface area contributed by atoms with Gasteiger partial charge in [0, 0.05) is 36.7 Å². The van der Waals surface area contributed by atoms with E-state index in [1.165, 1.54) is 16.9 Å². The van der Waals surface area contributed by atoms with Crippen molar-refractivity contribution in [2.45, 2.75) is 33.1 Å². The van der Waals surface area contributed by atoms with E-state index in [4.69, 9.17) is 0 Å². The Balaban J connectivity index is 1.44. The number of anilines is 1. The number of hydrogen-bond donors (Lipinski definition) is 1. The van der Waals surface area contributed by atoms with E-state index in [0.717, 1.165) is 41.2 Å². The summed E-state index contributed by atoms with van der Waals surface area (Å²) in [5.41, 5.74) is 3.65. The van der Waals surface area contributed by atoms with Crippen molar-refractivity contribution in [2.75, 3.05) is 18.4 Å². The second-order valence-corrected chi connectivity index (χ2v) is 8.80. The number of aryl methyl sites for hydroxylation is 2. The molecule has 1 N–H and O–H groups in total. The maximum Gasteiger partial charge on any atom is 0.265 e. The van der Waals surface area contributed by atoms with Gasteiger partial charge >= 0.3 is 0 Å². The van der Waals surface area contributed by atoms with Gasteiger partial charge in [0.05, 0.1) is 11.6 Å². The number of likely N-dealkylation sites (tertiary alicyclic amines) is 1. The zero-order valence-electron chi connectivity index (χ0n) is 17.8.